The topological polar surface area (TPSA) is 56.7 Å². The van der Waals surface area contributed by atoms with Crippen molar-refractivity contribution >= 4 is 12.2 Å². The van der Waals surface area contributed by atoms with Gasteiger partial charge in [-0.1, -0.05) is 6.07 Å². The number of alkyl halides is 3. The lowest BCUT2D eigenvalue weighted by molar-refractivity contribution is -0.137. The summed E-state index contributed by atoms with van der Waals surface area (Å²) in [5.74, 6) is 0.233. The number of rotatable bonds is 4. The summed E-state index contributed by atoms with van der Waals surface area (Å²) in [6.07, 6.45) is 2.44. The molecule has 0 aliphatic carbocycles. The van der Waals surface area contributed by atoms with E-state index in [4.69, 9.17) is 4.42 Å². The summed E-state index contributed by atoms with van der Waals surface area (Å²) in [6, 6.07) is 4.76. The average molecular weight is 334 g/mol. The minimum Gasteiger partial charge on any atom is -0.417 e. The van der Waals surface area contributed by atoms with Gasteiger partial charge in [0.05, 0.1) is 11.8 Å². The maximum absolute atomic E-state index is 12.7. The van der Waals surface area contributed by atoms with Crippen molar-refractivity contribution in [3.63, 3.8) is 0 Å². The minimum absolute atomic E-state index is 0.0324. The second-order valence-electron chi connectivity index (χ2n) is 4.99. The van der Waals surface area contributed by atoms with E-state index < -0.39 is 11.7 Å². The van der Waals surface area contributed by atoms with Gasteiger partial charge in [-0.15, -0.1) is 10.2 Å². The molecule has 0 atom stereocenters. The van der Waals surface area contributed by atoms with Crippen LogP contribution in [0.2, 0.25) is 0 Å². The summed E-state index contributed by atoms with van der Waals surface area (Å²) in [4.78, 5) is 0. The van der Waals surface area contributed by atoms with Gasteiger partial charge in [0.15, 0.2) is 0 Å². The summed E-state index contributed by atoms with van der Waals surface area (Å²) in [6.45, 7) is 2.73. The zero-order valence-electron chi connectivity index (χ0n) is 12.7. The Bertz CT molecular complexity index is 864. The Morgan fingerprint density at radius 2 is 2.04 bits per heavy atom. The van der Waals surface area contributed by atoms with E-state index in [9.17, 15) is 13.2 Å². The molecule has 0 spiro atoms. The lowest BCUT2D eigenvalue weighted by Gasteiger charge is -2.06. The molecule has 0 fully saturated rings. The highest BCUT2D eigenvalue weighted by Gasteiger charge is 2.30. The van der Waals surface area contributed by atoms with E-state index >= 15 is 0 Å². The van der Waals surface area contributed by atoms with Gasteiger partial charge in [0, 0.05) is 29.9 Å². The van der Waals surface area contributed by atoms with Crippen LogP contribution in [0.5, 0.6) is 0 Å². The standard InChI is InChI=1S/C16H13F3N4O/c1-2-23-10-11(9-20-23)6-7-14-21-22-15(24-14)12-4-3-5-13(8-12)16(17,18)19/h3-10H,2H2,1H3/b7-6+. The molecule has 0 N–H and O–H groups in total. The van der Waals surface area contributed by atoms with Crippen LogP contribution in [0.25, 0.3) is 23.6 Å². The van der Waals surface area contributed by atoms with E-state index in [1.54, 1.807) is 23.0 Å². The molecule has 0 aliphatic rings. The van der Waals surface area contributed by atoms with E-state index in [0.717, 1.165) is 24.2 Å². The number of halogens is 3. The average Bonchev–Trinajstić information content (AvgIpc) is 3.21. The summed E-state index contributed by atoms with van der Waals surface area (Å²) in [5.41, 5.74) is 0.314. The number of aryl methyl sites for hydroxylation is 1. The molecule has 0 radical (unpaired) electrons. The molecule has 3 aromatic rings. The molecule has 8 heteroatoms. The number of aromatic nitrogens is 4. The van der Waals surface area contributed by atoms with Gasteiger partial charge in [0.1, 0.15) is 0 Å². The van der Waals surface area contributed by atoms with Crippen molar-refractivity contribution in [3.05, 3.63) is 53.7 Å². The summed E-state index contributed by atoms with van der Waals surface area (Å²) >= 11 is 0. The molecule has 2 heterocycles. The van der Waals surface area contributed by atoms with Crippen molar-refractivity contribution in [1.29, 1.82) is 0 Å². The molecule has 0 aliphatic heterocycles. The zero-order valence-corrected chi connectivity index (χ0v) is 12.7. The molecule has 3 rings (SSSR count). The first-order chi connectivity index (χ1) is 11.5. The predicted molar refractivity (Wildman–Crippen MR) is 81.6 cm³/mol. The van der Waals surface area contributed by atoms with Gasteiger partial charge in [-0.25, -0.2) is 0 Å². The molecule has 0 amide bonds. The molecule has 0 saturated heterocycles. The number of benzene rings is 1. The van der Waals surface area contributed by atoms with Crippen LogP contribution in [0.1, 0.15) is 23.9 Å². The minimum atomic E-state index is -4.42. The first-order valence-corrected chi connectivity index (χ1v) is 7.17. The molecule has 124 valence electrons. The van der Waals surface area contributed by atoms with E-state index in [1.165, 1.54) is 12.1 Å². The van der Waals surface area contributed by atoms with Gasteiger partial charge in [-0.05, 0) is 31.2 Å². The third-order valence-corrected chi connectivity index (χ3v) is 3.27. The molecule has 0 bridgehead atoms. The monoisotopic (exact) mass is 334 g/mol. The predicted octanol–water partition coefficient (Wildman–Crippen LogP) is 4.14. The normalized spacial score (nSPS) is 12.2. The van der Waals surface area contributed by atoms with Crippen molar-refractivity contribution in [3.8, 4) is 11.5 Å². The van der Waals surface area contributed by atoms with Gasteiger partial charge in [0.2, 0.25) is 11.8 Å². The summed E-state index contributed by atoms with van der Waals surface area (Å²) in [7, 11) is 0. The quantitative estimate of drug-likeness (QED) is 0.719. The van der Waals surface area contributed by atoms with E-state index in [-0.39, 0.29) is 17.3 Å². The third-order valence-electron chi connectivity index (χ3n) is 3.27. The molecule has 1 aromatic carbocycles. The maximum atomic E-state index is 12.7. The fourth-order valence-corrected chi connectivity index (χ4v) is 2.05. The lowest BCUT2D eigenvalue weighted by Crippen LogP contribution is -2.04. The summed E-state index contributed by atoms with van der Waals surface area (Å²) < 4.78 is 45.4. The van der Waals surface area contributed by atoms with Crippen molar-refractivity contribution in [2.45, 2.75) is 19.6 Å². The van der Waals surface area contributed by atoms with E-state index in [0.29, 0.717) is 0 Å². The molecule has 24 heavy (non-hydrogen) atoms. The van der Waals surface area contributed by atoms with Gasteiger partial charge >= 0.3 is 6.18 Å². The van der Waals surface area contributed by atoms with Crippen molar-refractivity contribution in [1.82, 2.24) is 20.0 Å². The van der Waals surface area contributed by atoms with Gasteiger partial charge in [-0.3, -0.25) is 4.68 Å². The first-order valence-electron chi connectivity index (χ1n) is 7.17. The molecular formula is C16H13F3N4O. The van der Waals surface area contributed by atoms with Crippen LogP contribution in [0.4, 0.5) is 13.2 Å². The Labute approximate surface area is 135 Å². The number of nitrogens with zero attached hydrogens (tertiary/aromatic N) is 4. The van der Waals surface area contributed by atoms with Crippen LogP contribution in [-0.2, 0) is 12.7 Å². The zero-order chi connectivity index (χ0) is 17.2. The molecule has 0 saturated carbocycles. The fraction of sp³-hybridized carbons (Fsp3) is 0.188. The van der Waals surface area contributed by atoms with Crippen molar-refractivity contribution in [2.75, 3.05) is 0 Å². The van der Waals surface area contributed by atoms with Crippen LogP contribution in [0.15, 0.2) is 41.1 Å². The molecule has 0 unspecified atom stereocenters. The number of hydrogen-bond donors (Lipinski definition) is 0. The van der Waals surface area contributed by atoms with Crippen LogP contribution >= 0.6 is 0 Å². The van der Waals surface area contributed by atoms with Crippen molar-refractivity contribution < 1.29 is 17.6 Å². The highest BCUT2D eigenvalue weighted by Crippen LogP contribution is 2.31. The Balaban J connectivity index is 1.80. The Kier molecular flexibility index (Phi) is 4.20. The molecule has 5 nitrogen and oxygen atoms in total. The van der Waals surface area contributed by atoms with Gasteiger partial charge < -0.3 is 4.42 Å². The van der Waals surface area contributed by atoms with Crippen LogP contribution in [-0.4, -0.2) is 20.0 Å². The highest BCUT2D eigenvalue weighted by molar-refractivity contribution is 5.65. The largest absolute Gasteiger partial charge is 0.417 e. The van der Waals surface area contributed by atoms with E-state index in [1.807, 2.05) is 13.1 Å². The SMILES string of the molecule is CCn1cc(/C=C/c2nnc(-c3cccc(C(F)(F)F)c3)o2)cn1. The Morgan fingerprint density at radius 3 is 2.75 bits per heavy atom. The van der Waals surface area contributed by atoms with Gasteiger partial charge in [-0.2, -0.15) is 18.3 Å². The second-order valence-corrected chi connectivity index (χ2v) is 4.99. The van der Waals surface area contributed by atoms with Crippen molar-refractivity contribution in [2.24, 2.45) is 0 Å². The molecular weight excluding hydrogens is 321 g/mol. The lowest BCUT2D eigenvalue weighted by atomic mass is 10.1. The first kappa shape index (κ1) is 16.0. The fourth-order valence-electron chi connectivity index (χ4n) is 2.05. The van der Waals surface area contributed by atoms with E-state index in [2.05, 4.69) is 15.3 Å². The molecule has 2 aromatic heterocycles. The smallest absolute Gasteiger partial charge is 0.416 e. The number of hydrogen-bond acceptors (Lipinski definition) is 4. The van der Waals surface area contributed by atoms with Crippen LogP contribution in [0.3, 0.4) is 0 Å². The second kappa shape index (κ2) is 6.31. The van der Waals surface area contributed by atoms with Gasteiger partial charge in [0.25, 0.3) is 0 Å². The van der Waals surface area contributed by atoms with Crippen LogP contribution < -0.4 is 0 Å². The Hall–Kier alpha value is -2.90. The summed E-state index contributed by atoms with van der Waals surface area (Å²) in [5, 5.41) is 11.7. The Morgan fingerprint density at radius 1 is 1.21 bits per heavy atom. The van der Waals surface area contributed by atoms with Crippen LogP contribution in [0, 0.1) is 0 Å². The highest BCUT2D eigenvalue weighted by atomic mass is 19.4. The third kappa shape index (κ3) is 3.53. The maximum Gasteiger partial charge on any atom is 0.416 e.